The maximum absolute atomic E-state index is 12.6. The molecular formula is C23H26ClN3O2S. The number of carbonyl (C=O) groups excluding carboxylic acids is 1. The largest absolute Gasteiger partial charge is 0.467 e. The molecule has 0 atom stereocenters. The summed E-state index contributed by atoms with van der Waals surface area (Å²) in [7, 11) is 0. The van der Waals surface area contributed by atoms with Crippen molar-refractivity contribution in [2.75, 3.05) is 18.4 Å². The molecule has 1 aliphatic heterocycles. The highest BCUT2D eigenvalue weighted by Crippen LogP contribution is 2.33. The second-order valence-corrected chi connectivity index (χ2v) is 10.0. The molecule has 3 aromatic rings. The maximum Gasteiger partial charge on any atom is 0.321 e. The molecule has 5 nitrogen and oxygen atoms in total. The number of urea groups is 1. The van der Waals surface area contributed by atoms with Crippen LogP contribution >= 0.6 is 22.9 Å². The Morgan fingerprint density at radius 3 is 2.50 bits per heavy atom. The Hall–Kier alpha value is -2.31. The minimum absolute atomic E-state index is 0.0551. The number of para-hydroxylation sites is 1. The molecular weight excluding hydrogens is 418 g/mol. The van der Waals surface area contributed by atoms with Crippen LogP contribution in [0.15, 0.2) is 42.5 Å². The zero-order valence-electron chi connectivity index (χ0n) is 17.4. The van der Waals surface area contributed by atoms with E-state index in [1.165, 1.54) is 16.9 Å². The molecule has 2 heterocycles. The molecule has 30 heavy (non-hydrogen) atoms. The number of ether oxygens (including phenoxy) is 1. The number of benzene rings is 2. The van der Waals surface area contributed by atoms with Gasteiger partial charge in [-0.3, -0.25) is 0 Å². The van der Waals surface area contributed by atoms with Crippen molar-refractivity contribution in [2.45, 2.75) is 45.1 Å². The molecule has 1 aliphatic rings. The number of hydrogen-bond donors (Lipinski definition) is 1. The number of nitrogens with zero attached hydrogens (tertiary/aromatic N) is 2. The van der Waals surface area contributed by atoms with Crippen molar-refractivity contribution < 1.29 is 9.53 Å². The Labute approximate surface area is 186 Å². The van der Waals surface area contributed by atoms with Gasteiger partial charge in [0.25, 0.3) is 5.19 Å². The molecule has 2 aromatic carbocycles. The van der Waals surface area contributed by atoms with Crippen molar-refractivity contribution in [3.8, 4) is 5.19 Å². The Balaban J connectivity index is 1.30. The van der Waals surface area contributed by atoms with Crippen molar-refractivity contribution in [2.24, 2.45) is 0 Å². The summed E-state index contributed by atoms with van der Waals surface area (Å²) in [6, 6.07) is 13.7. The molecule has 7 heteroatoms. The summed E-state index contributed by atoms with van der Waals surface area (Å²) in [4.78, 5) is 19.0. The van der Waals surface area contributed by atoms with Gasteiger partial charge in [-0.1, -0.05) is 61.9 Å². The van der Waals surface area contributed by atoms with E-state index in [0.29, 0.717) is 23.3 Å². The van der Waals surface area contributed by atoms with E-state index in [0.717, 1.165) is 28.7 Å². The van der Waals surface area contributed by atoms with Gasteiger partial charge in [0.05, 0.1) is 9.72 Å². The van der Waals surface area contributed by atoms with E-state index in [-0.39, 0.29) is 17.6 Å². The van der Waals surface area contributed by atoms with Crippen LogP contribution in [0, 0.1) is 0 Å². The molecule has 0 saturated carbocycles. The fourth-order valence-electron chi connectivity index (χ4n) is 3.52. The molecule has 1 saturated heterocycles. The lowest BCUT2D eigenvalue weighted by Crippen LogP contribution is -2.43. The third-order valence-corrected chi connectivity index (χ3v) is 6.57. The van der Waals surface area contributed by atoms with Gasteiger partial charge in [0.1, 0.15) is 11.6 Å². The first-order valence-corrected chi connectivity index (χ1v) is 11.4. The van der Waals surface area contributed by atoms with Gasteiger partial charge in [-0.2, -0.15) is 0 Å². The number of anilines is 1. The highest BCUT2D eigenvalue weighted by atomic mass is 35.5. The first-order chi connectivity index (χ1) is 14.3. The number of hydrogen-bond acceptors (Lipinski definition) is 4. The van der Waals surface area contributed by atoms with E-state index in [1.54, 1.807) is 0 Å². The fourth-order valence-corrected chi connectivity index (χ4v) is 4.70. The van der Waals surface area contributed by atoms with Crippen molar-refractivity contribution in [3.05, 3.63) is 53.1 Å². The minimum atomic E-state index is -0.0660. The summed E-state index contributed by atoms with van der Waals surface area (Å²) >= 11 is 7.71. The first kappa shape index (κ1) is 20.9. The SMILES string of the molecule is CC(C)(C)c1ccc(NC(=O)N2CCC(Oc3nc4c(Cl)cccc4s3)CC2)cc1. The molecule has 2 amide bonds. The summed E-state index contributed by atoms with van der Waals surface area (Å²) in [5, 5.41) is 4.28. The molecule has 1 fully saturated rings. The van der Waals surface area contributed by atoms with Gasteiger partial charge >= 0.3 is 6.03 Å². The molecule has 0 spiro atoms. The van der Waals surface area contributed by atoms with Crippen LogP contribution in [0.25, 0.3) is 10.2 Å². The lowest BCUT2D eigenvalue weighted by Gasteiger charge is -2.31. The van der Waals surface area contributed by atoms with E-state index < -0.39 is 0 Å². The maximum atomic E-state index is 12.6. The lowest BCUT2D eigenvalue weighted by atomic mass is 9.87. The number of halogens is 1. The number of nitrogens with one attached hydrogen (secondary N) is 1. The second-order valence-electron chi connectivity index (χ2n) is 8.63. The molecule has 1 aromatic heterocycles. The molecule has 0 unspecified atom stereocenters. The van der Waals surface area contributed by atoms with Crippen LogP contribution in [-0.2, 0) is 5.41 Å². The average Bonchev–Trinajstić information content (AvgIpc) is 3.12. The number of likely N-dealkylation sites (tertiary alicyclic amines) is 1. The summed E-state index contributed by atoms with van der Waals surface area (Å²) in [6.07, 6.45) is 1.61. The molecule has 158 valence electrons. The van der Waals surface area contributed by atoms with Crippen LogP contribution in [0.5, 0.6) is 5.19 Å². The first-order valence-electron chi connectivity index (χ1n) is 10.2. The number of carbonyl (C=O) groups is 1. The Kier molecular flexibility index (Phi) is 5.89. The standard InChI is InChI=1S/C23H26ClN3O2S/c1-23(2,3)15-7-9-16(10-8-15)25-21(28)27-13-11-17(12-14-27)29-22-26-20-18(24)5-4-6-19(20)30-22/h4-10,17H,11-14H2,1-3H3,(H,25,28). The Morgan fingerprint density at radius 2 is 1.87 bits per heavy atom. The Bertz CT molecular complexity index is 1030. The molecule has 1 N–H and O–H groups in total. The van der Waals surface area contributed by atoms with E-state index >= 15 is 0 Å². The van der Waals surface area contributed by atoms with E-state index in [4.69, 9.17) is 16.3 Å². The highest BCUT2D eigenvalue weighted by molar-refractivity contribution is 7.20. The summed E-state index contributed by atoms with van der Waals surface area (Å²) in [5.74, 6) is 0. The van der Waals surface area contributed by atoms with E-state index in [1.807, 2.05) is 35.2 Å². The summed E-state index contributed by atoms with van der Waals surface area (Å²) in [5.41, 5.74) is 2.94. The van der Waals surface area contributed by atoms with Crippen LogP contribution in [0.1, 0.15) is 39.2 Å². The van der Waals surface area contributed by atoms with Gasteiger partial charge < -0.3 is 15.0 Å². The smallest absolute Gasteiger partial charge is 0.321 e. The van der Waals surface area contributed by atoms with E-state index in [2.05, 4.69) is 43.2 Å². The Morgan fingerprint density at radius 1 is 1.17 bits per heavy atom. The molecule has 0 aliphatic carbocycles. The third kappa shape index (κ3) is 4.71. The number of aromatic nitrogens is 1. The van der Waals surface area contributed by atoms with Crippen molar-refractivity contribution in [3.63, 3.8) is 0 Å². The number of amides is 2. The topological polar surface area (TPSA) is 54.5 Å². The number of thiazole rings is 1. The number of piperidine rings is 1. The van der Waals surface area contributed by atoms with Crippen LogP contribution in [0.4, 0.5) is 10.5 Å². The van der Waals surface area contributed by atoms with Gasteiger partial charge in [0.15, 0.2) is 0 Å². The van der Waals surface area contributed by atoms with Gasteiger partial charge in [0, 0.05) is 31.6 Å². The van der Waals surface area contributed by atoms with Crippen molar-refractivity contribution in [1.29, 1.82) is 0 Å². The van der Waals surface area contributed by atoms with Crippen molar-refractivity contribution >= 4 is 44.9 Å². The predicted molar refractivity (Wildman–Crippen MR) is 124 cm³/mol. The second kappa shape index (κ2) is 8.44. The zero-order chi connectivity index (χ0) is 21.3. The van der Waals surface area contributed by atoms with E-state index in [9.17, 15) is 4.79 Å². The number of fused-ring (bicyclic) bond motifs is 1. The predicted octanol–water partition coefficient (Wildman–Crippen LogP) is 6.32. The summed E-state index contributed by atoms with van der Waals surface area (Å²) in [6.45, 7) is 7.84. The van der Waals surface area contributed by atoms with Crippen LogP contribution in [0.2, 0.25) is 5.02 Å². The normalized spacial score (nSPS) is 15.4. The van der Waals surface area contributed by atoms with Gasteiger partial charge in [-0.05, 0) is 35.2 Å². The van der Waals surface area contributed by atoms with Crippen molar-refractivity contribution in [1.82, 2.24) is 9.88 Å². The lowest BCUT2D eigenvalue weighted by molar-refractivity contribution is 0.115. The molecule has 0 radical (unpaired) electrons. The van der Waals surface area contributed by atoms with Crippen LogP contribution in [0.3, 0.4) is 0 Å². The van der Waals surface area contributed by atoms with Gasteiger partial charge in [0.2, 0.25) is 0 Å². The van der Waals surface area contributed by atoms with Gasteiger partial charge in [-0.15, -0.1) is 0 Å². The fraction of sp³-hybridized carbons (Fsp3) is 0.391. The quantitative estimate of drug-likeness (QED) is 0.515. The molecule has 0 bridgehead atoms. The zero-order valence-corrected chi connectivity index (χ0v) is 19.0. The van der Waals surface area contributed by atoms with Crippen LogP contribution in [-0.4, -0.2) is 35.1 Å². The van der Waals surface area contributed by atoms with Crippen LogP contribution < -0.4 is 10.1 Å². The monoisotopic (exact) mass is 443 g/mol. The molecule has 4 rings (SSSR count). The number of rotatable bonds is 3. The third-order valence-electron chi connectivity index (χ3n) is 5.35. The highest BCUT2D eigenvalue weighted by Gasteiger charge is 2.25. The van der Waals surface area contributed by atoms with Gasteiger partial charge in [-0.25, -0.2) is 9.78 Å². The minimum Gasteiger partial charge on any atom is -0.467 e. The summed E-state index contributed by atoms with van der Waals surface area (Å²) < 4.78 is 7.10. The average molecular weight is 444 g/mol.